The SMILES string of the molecule is COC(=O)N[C@H](C(=O)N1CCC[C@H]1c1ncc(-c2ccc(-c3ccc4cc(-c5cnc([C@@H]6CC(C#N)CN6C(=O)[C@H](NC(=O)OC)c6ccccc6)[nH]5)ccc4c3)cc2)[nH]1)C(C)C. The van der Waals surface area contributed by atoms with Crippen molar-refractivity contribution in [1.29, 1.82) is 5.26 Å². The molecule has 15 heteroatoms. The lowest BCUT2D eigenvalue weighted by molar-refractivity contribution is -0.136. The van der Waals surface area contributed by atoms with Crippen LogP contribution >= 0.6 is 0 Å². The molecule has 2 aromatic heterocycles. The van der Waals surface area contributed by atoms with Crippen LogP contribution in [-0.2, 0) is 19.1 Å². The number of aromatic amines is 2. The summed E-state index contributed by atoms with van der Waals surface area (Å²) >= 11 is 0. The first kappa shape index (κ1) is 42.2. The summed E-state index contributed by atoms with van der Waals surface area (Å²) in [5, 5.41) is 17.3. The van der Waals surface area contributed by atoms with E-state index in [0.717, 1.165) is 57.3 Å². The summed E-state index contributed by atoms with van der Waals surface area (Å²) in [7, 11) is 2.53. The first-order chi connectivity index (χ1) is 30.5. The monoisotopic (exact) mass is 847 g/mol. The van der Waals surface area contributed by atoms with Gasteiger partial charge in [-0.1, -0.05) is 92.7 Å². The Balaban J connectivity index is 0.960. The van der Waals surface area contributed by atoms with E-state index in [1.807, 2.05) is 26.0 Å². The molecular weight excluding hydrogens is 799 g/mol. The number of methoxy groups -OCH3 is 2. The number of nitrogens with zero attached hydrogens (tertiary/aromatic N) is 5. The van der Waals surface area contributed by atoms with Crippen LogP contribution in [-0.4, -0.2) is 87.1 Å². The highest BCUT2D eigenvalue weighted by Crippen LogP contribution is 2.38. The summed E-state index contributed by atoms with van der Waals surface area (Å²) in [4.78, 5) is 71.6. The molecule has 4 amide bonds. The molecule has 0 spiro atoms. The number of fused-ring (bicyclic) bond motifs is 1. The van der Waals surface area contributed by atoms with Crippen molar-refractivity contribution in [3.05, 3.63) is 121 Å². The molecule has 1 unspecified atom stereocenters. The number of amides is 4. The van der Waals surface area contributed by atoms with Gasteiger partial charge in [0.05, 0.1) is 62.1 Å². The summed E-state index contributed by atoms with van der Waals surface area (Å²) in [5.41, 5.74) is 6.22. The lowest BCUT2D eigenvalue weighted by Crippen LogP contribution is -2.51. The number of hydrogen-bond acceptors (Lipinski definition) is 9. The number of likely N-dealkylation sites (tertiary alicyclic amines) is 2. The zero-order chi connectivity index (χ0) is 44.2. The van der Waals surface area contributed by atoms with Gasteiger partial charge in [0, 0.05) is 18.7 Å². The van der Waals surface area contributed by atoms with Crippen LogP contribution in [0.25, 0.3) is 44.4 Å². The number of aromatic nitrogens is 4. The number of benzene rings is 4. The number of hydrogen-bond donors (Lipinski definition) is 4. The van der Waals surface area contributed by atoms with Crippen LogP contribution in [0, 0.1) is 23.2 Å². The molecule has 0 radical (unpaired) electrons. The van der Waals surface area contributed by atoms with Gasteiger partial charge in [0.25, 0.3) is 5.91 Å². The molecule has 4 N–H and O–H groups in total. The van der Waals surface area contributed by atoms with E-state index in [4.69, 9.17) is 14.5 Å². The Kier molecular flexibility index (Phi) is 12.2. The van der Waals surface area contributed by atoms with Crippen molar-refractivity contribution < 1.29 is 28.7 Å². The topological polar surface area (TPSA) is 198 Å². The van der Waals surface area contributed by atoms with E-state index < -0.39 is 36.2 Å². The van der Waals surface area contributed by atoms with Gasteiger partial charge in [-0.2, -0.15) is 5.26 Å². The van der Waals surface area contributed by atoms with Crippen molar-refractivity contribution in [3.8, 4) is 39.7 Å². The fraction of sp³-hybridized carbons (Fsp3) is 0.312. The van der Waals surface area contributed by atoms with Gasteiger partial charge in [-0.25, -0.2) is 19.6 Å². The maximum atomic E-state index is 14.1. The summed E-state index contributed by atoms with van der Waals surface area (Å²) in [6.45, 7) is 4.58. The van der Waals surface area contributed by atoms with E-state index in [0.29, 0.717) is 30.2 Å². The second-order valence-corrected chi connectivity index (χ2v) is 16.3. The number of H-pyrrole nitrogens is 2. The summed E-state index contributed by atoms with van der Waals surface area (Å²) < 4.78 is 9.59. The maximum absolute atomic E-state index is 14.1. The number of alkyl carbamates (subject to hydrolysis) is 2. The van der Waals surface area contributed by atoms with Crippen LogP contribution in [0.3, 0.4) is 0 Å². The predicted octanol–water partition coefficient (Wildman–Crippen LogP) is 7.84. The molecule has 63 heavy (non-hydrogen) atoms. The molecule has 15 nitrogen and oxygen atoms in total. The Morgan fingerprint density at radius 2 is 1.32 bits per heavy atom. The van der Waals surface area contributed by atoms with Crippen LogP contribution in [0.15, 0.2) is 103 Å². The molecule has 322 valence electrons. The Morgan fingerprint density at radius 3 is 1.97 bits per heavy atom. The lowest BCUT2D eigenvalue weighted by atomic mass is 9.98. The van der Waals surface area contributed by atoms with Gasteiger partial charge in [0.2, 0.25) is 5.91 Å². The van der Waals surface area contributed by atoms with E-state index in [2.05, 4.69) is 86.3 Å². The smallest absolute Gasteiger partial charge is 0.407 e. The van der Waals surface area contributed by atoms with Crippen molar-refractivity contribution in [3.63, 3.8) is 0 Å². The van der Waals surface area contributed by atoms with Crippen LogP contribution in [0.5, 0.6) is 0 Å². The third-order valence-corrected chi connectivity index (χ3v) is 12.0. The zero-order valence-electron chi connectivity index (χ0n) is 35.5. The van der Waals surface area contributed by atoms with Crippen molar-refractivity contribution in [2.75, 3.05) is 27.3 Å². The molecule has 0 bridgehead atoms. The largest absolute Gasteiger partial charge is 0.453 e. The van der Waals surface area contributed by atoms with Gasteiger partial charge in [-0.15, -0.1) is 0 Å². The van der Waals surface area contributed by atoms with Crippen molar-refractivity contribution in [2.45, 2.75) is 57.3 Å². The van der Waals surface area contributed by atoms with Crippen LogP contribution in [0.1, 0.15) is 68.4 Å². The average Bonchev–Trinajstić information content (AvgIpc) is 4.16. The molecule has 0 aliphatic carbocycles. The molecule has 4 heterocycles. The van der Waals surface area contributed by atoms with Crippen molar-refractivity contribution >= 4 is 34.8 Å². The van der Waals surface area contributed by atoms with E-state index in [-0.39, 0.29) is 30.3 Å². The molecule has 2 fully saturated rings. The Bertz CT molecular complexity index is 2670. The van der Waals surface area contributed by atoms with E-state index in [9.17, 15) is 24.4 Å². The number of carbonyl (C=O) groups is 4. The average molecular weight is 848 g/mol. The number of nitrogens with one attached hydrogen (secondary N) is 4. The van der Waals surface area contributed by atoms with Gasteiger partial charge in [0.1, 0.15) is 23.7 Å². The number of imidazole rings is 2. The number of carbonyl (C=O) groups excluding carboxylic acids is 4. The molecule has 2 aliphatic rings. The predicted molar refractivity (Wildman–Crippen MR) is 235 cm³/mol. The summed E-state index contributed by atoms with van der Waals surface area (Å²) in [6, 6.07) is 29.6. The highest BCUT2D eigenvalue weighted by atomic mass is 16.5. The van der Waals surface area contributed by atoms with Crippen LogP contribution in [0.4, 0.5) is 9.59 Å². The fourth-order valence-corrected chi connectivity index (χ4v) is 8.64. The molecule has 4 aromatic carbocycles. The van der Waals surface area contributed by atoms with E-state index in [1.165, 1.54) is 14.2 Å². The first-order valence-corrected chi connectivity index (χ1v) is 21.0. The molecule has 0 saturated carbocycles. The van der Waals surface area contributed by atoms with E-state index in [1.54, 1.807) is 46.5 Å². The summed E-state index contributed by atoms with van der Waals surface area (Å²) in [6.07, 6.45) is 4.19. The molecule has 6 aromatic rings. The Morgan fingerprint density at radius 1 is 0.730 bits per heavy atom. The third kappa shape index (κ3) is 8.83. The lowest BCUT2D eigenvalue weighted by Gasteiger charge is -2.30. The number of nitriles is 1. The van der Waals surface area contributed by atoms with Crippen LogP contribution < -0.4 is 10.6 Å². The highest BCUT2D eigenvalue weighted by Gasteiger charge is 2.42. The molecule has 5 atom stereocenters. The minimum atomic E-state index is -1.00. The van der Waals surface area contributed by atoms with Gasteiger partial charge in [-0.3, -0.25) is 9.59 Å². The summed E-state index contributed by atoms with van der Waals surface area (Å²) in [5.74, 6) is 0.256. The second-order valence-electron chi connectivity index (χ2n) is 16.3. The second kappa shape index (κ2) is 18.3. The zero-order valence-corrected chi connectivity index (χ0v) is 35.5. The van der Waals surface area contributed by atoms with Gasteiger partial charge < -0.3 is 39.9 Å². The molecule has 8 rings (SSSR count). The van der Waals surface area contributed by atoms with Crippen molar-refractivity contribution in [2.24, 2.45) is 11.8 Å². The molecular formula is C48H49N9O6. The quantitative estimate of drug-likeness (QED) is 0.100. The van der Waals surface area contributed by atoms with Gasteiger partial charge in [-0.05, 0) is 70.3 Å². The normalized spacial score (nSPS) is 18.2. The maximum Gasteiger partial charge on any atom is 0.407 e. The molecule has 2 saturated heterocycles. The fourth-order valence-electron chi connectivity index (χ4n) is 8.64. The third-order valence-electron chi connectivity index (χ3n) is 12.0. The first-order valence-electron chi connectivity index (χ1n) is 21.0. The number of ether oxygens (including phenoxy) is 2. The van der Waals surface area contributed by atoms with Gasteiger partial charge >= 0.3 is 12.2 Å². The Hall–Kier alpha value is -7.47. The standard InChI is InChI=1S/C48H49N9O6/c1-28(2)41(54-47(60)62-3)45(58)56-20-8-11-39(56)43-50-25-37(52-43)31-14-12-30(13-15-31)33-16-17-35-23-36(19-18-34(35)22-33)38-26-51-44(53-38)40-21-29(24-49)27-57(40)46(59)42(55-48(61)63-4)32-9-6-5-7-10-32/h5-7,9-10,12-19,22-23,25-26,28-29,39-42H,8,11,20-21,27H2,1-4H3,(H,50,52)(H,51,53)(H,54,60)(H,55,61)/t29?,39-,40-,41-,42+/m0/s1. The van der Waals surface area contributed by atoms with Crippen LogP contribution in [0.2, 0.25) is 0 Å². The van der Waals surface area contributed by atoms with Gasteiger partial charge in [0.15, 0.2) is 0 Å². The molecule has 2 aliphatic heterocycles. The van der Waals surface area contributed by atoms with Crippen molar-refractivity contribution in [1.82, 2.24) is 40.4 Å². The highest BCUT2D eigenvalue weighted by molar-refractivity contribution is 5.91. The minimum absolute atomic E-state index is 0.115. The van der Waals surface area contributed by atoms with E-state index >= 15 is 0 Å². The minimum Gasteiger partial charge on any atom is -0.453 e. The Labute approximate surface area is 364 Å². The number of rotatable bonds is 11.